The van der Waals surface area contributed by atoms with Crippen molar-refractivity contribution in [3.63, 3.8) is 0 Å². The predicted octanol–water partition coefficient (Wildman–Crippen LogP) is 1.35. The first-order valence-electron chi connectivity index (χ1n) is 5.57. The van der Waals surface area contributed by atoms with Crippen LogP contribution in [0.15, 0.2) is 12.4 Å². The van der Waals surface area contributed by atoms with Crippen molar-refractivity contribution in [2.45, 2.75) is 32.3 Å². The Labute approximate surface area is 90.0 Å². The Balaban J connectivity index is 2.06. The van der Waals surface area contributed by atoms with Crippen LogP contribution in [0.2, 0.25) is 0 Å². The van der Waals surface area contributed by atoms with Crippen LogP contribution in [0.25, 0.3) is 0 Å². The predicted molar refractivity (Wildman–Crippen MR) is 58.6 cm³/mol. The second kappa shape index (κ2) is 5.07. The number of aromatic nitrogens is 2. The van der Waals surface area contributed by atoms with Crippen molar-refractivity contribution < 1.29 is 5.11 Å². The molecule has 1 aliphatic heterocycles. The Kier molecular flexibility index (Phi) is 3.50. The molecular weight excluding hydrogens is 190 g/mol. The summed E-state index contributed by atoms with van der Waals surface area (Å²) in [7, 11) is 0. The van der Waals surface area contributed by atoms with E-state index in [2.05, 4.69) is 14.9 Å². The van der Waals surface area contributed by atoms with Gasteiger partial charge in [-0.25, -0.2) is 9.97 Å². The van der Waals surface area contributed by atoms with Crippen LogP contribution in [0.1, 0.15) is 31.2 Å². The normalized spacial score (nSPS) is 17.5. The van der Waals surface area contributed by atoms with Crippen LogP contribution in [0.5, 0.6) is 0 Å². The van der Waals surface area contributed by atoms with Crippen LogP contribution >= 0.6 is 0 Å². The molecule has 0 amide bonds. The molecule has 1 aliphatic rings. The topological polar surface area (TPSA) is 49.3 Å². The lowest BCUT2D eigenvalue weighted by molar-refractivity contribution is 0.281. The molecule has 4 heteroatoms. The van der Waals surface area contributed by atoms with E-state index in [-0.39, 0.29) is 6.61 Å². The third kappa shape index (κ3) is 2.65. The molecule has 0 saturated carbocycles. The highest BCUT2D eigenvalue weighted by atomic mass is 16.3. The van der Waals surface area contributed by atoms with Gasteiger partial charge >= 0.3 is 0 Å². The minimum Gasteiger partial charge on any atom is -0.392 e. The lowest BCUT2D eigenvalue weighted by Crippen LogP contribution is -2.25. The summed E-state index contributed by atoms with van der Waals surface area (Å²) in [6, 6.07) is 0. The van der Waals surface area contributed by atoms with Gasteiger partial charge in [-0.05, 0) is 12.8 Å². The Hall–Kier alpha value is -1.16. The number of hydrogen-bond acceptors (Lipinski definition) is 4. The van der Waals surface area contributed by atoms with Crippen LogP contribution in [-0.2, 0) is 6.61 Å². The van der Waals surface area contributed by atoms with E-state index in [1.807, 2.05) is 0 Å². The molecule has 2 heterocycles. The molecule has 1 aromatic rings. The monoisotopic (exact) mass is 207 g/mol. The second-order valence-electron chi connectivity index (χ2n) is 3.95. The molecule has 0 unspecified atom stereocenters. The van der Waals surface area contributed by atoms with Crippen molar-refractivity contribution in [3.8, 4) is 0 Å². The Bertz CT molecular complexity index is 291. The Morgan fingerprint density at radius 3 is 2.20 bits per heavy atom. The zero-order chi connectivity index (χ0) is 10.5. The highest BCUT2D eigenvalue weighted by Crippen LogP contribution is 2.14. The van der Waals surface area contributed by atoms with Crippen LogP contribution in [-0.4, -0.2) is 28.2 Å². The fourth-order valence-electron chi connectivity index (χ4n) is 1.86. The molecule has 2 rings (SSSR count). The number of rotatable bonds is 2. The number of anilines is 1. The maximum atomic E-state index is 8.89. The van der Waals surface area contributed by atoms with Crippen LogP contribution < -0.4 is 4.90 Å². The van der Waals surface area contributed by atoms with E-state index in [1.165, 1.54) is 25.7 Å². The van der Waals surface area contributed by atoms with E-state index in [9.17, 15) is 0 Å². The minimum atomic E-state index is 0.0142. The molecule has 0 aliphatic carbocycles. The van der Waals surface area contributed by atoms with Crippen molar-refractivity contribution >= 4 is 5.95 Å². The van der Waals surface area contributed by atoms with Gasteiger partial charge in [0.1, 0.15) is 0 Å². The summed E-state index contributed by atoms with van der Waals surface area (Å²) in [5.41, 5.74) is 0.772. The highest BCUT2D eigenvalue weighted by Gasteiger charge is 2.11. The van der Waals surface area contributed by atoms with E-state index in [1.54, 1.807) is 12.4 Å². The number of aliphatic hydroxyl groups is 1. The number of aliphatic hydroxyl groups excluding tert-OH is 1. The number of nitrogens with zero attached hydrogens (tertiary/aromatic N) is 3. The van der Waals surface area contributed by atoms with Gasteiger partial charge in [0.25, 0.3) is 0 Å². The summed E-state index contributed by atoms with van der Waals surface area (Å²) < 4.78 is 0. The van der Waals surface area contributed by atoms with Gasteiger partial charge in [0.15, 0.2) is 0 Å². The summed E-state index contributed by atoms with van der Waals surface area (Å²) in [5, 5.41) is 8.89. The van der Waals surface area contributed by atoms with Crippen molar-refractivity contribution in [1.82, 2.24) is 9.97 Å². The SMILES string of the molecule is OCc1cnc(N2CCCCCC2)nc1. The summed E-state index contributed by atoms with van der Waals surface area (Å²) in [5.74, 6) is 0.800. The van der Waals surface area contributed by atoms with Gasteiger partial charge in [-0.2, -0.15) is 0 Å². The van der Waals surface area contributed by atoms with Crippen molar-refractivity contribution in [1.29, 1.82) is 0 Å². The first kappa shape index (κ1) is 10.4. The summed E-state index contributed by atoms with van der Waals surface area (Å²) >= 11 is 0. The summed E-state index contributed by atoms with van der Waals surface area (Å²) in [6.07, 6.45) is 8.48. The first-order valence-corrected chi connectivity index (χ1v) is 5.57. The molecule has 1 fully saturated rings. The van der Waals surface area contributed by atoms with Gasteiger partial charge in [0.05, 0.1) is 6.61 Å². The summed E-state index contributed by atoms with van der Waals surface area (Å²) in [6.45, 7) is 2.12. The van der Waals surface area contributed by atoms with E-state index < -0.39 is 0 Å². The van der Waals surface area contributed by atoms with Crippen LogP contribution in [0, 0.1) is 0 Å². The Morgan fingerprint density at radius 1 is 1.07 bits per heavy atom. The zero-order valence-electron chi connectivity index (χ0n) is 8.89. The van der Waals surface area contributed by atoms with Gasteiger partial charge in [-0.3, -0.25) is 0 Å². The third-order valence-corrected chi connectivity index (χ3v) is 2.76. The standard InChI is InChI=1S/C11H17N3O/c15-9-10-7-12-11(13-8-10)14-5-3-1-2-4-6-14/h7-8,15H,1-6,9H2. The van der Waals surface area contributed by atoms with Gasteiger partial charge in [-0.15, -0.1) is 0 Å². The van der Waals surface area contributed by atoms with E-state index in [4.69, 9.17) is 5.11 Å². The molecule has 15 heavy (non-hydrogen) atoms. The molecule has 1 saturated heterocycles. The lowest BCUT2D eigenvalue weighted by Gasteiger charge is -2.19. The molecule has 0 aromatic carbocycles. The molecule has 0 spiro atoms. The van der Waals surface area contributed by atoms with Gasteiger partial charge in [0.2, 0.25) is 5.95 Å². The van der Waals surface area contributed by atoms with Gasteiger partial charge in [0, 0.05) is 31.0 Å². The van der Waals surface area contributed by atoms with Crippen molar-refractivity contribution in [2.75, 3.05) is 18.0 Å². The van der Waals surface area contributed by atoms with Crippen molar-refractivity contribution in [3.05, 3.63) is 18.0 Å². The molecular formula is C11H17N3O. The molecule has 0 radical (unpaired) electrons. The average molecular weight is 207 g/mol. The van der Waals surface area contributed by atoms with E-state index >= 15 is 0 Å². The molecule has 1 N–H and O–H groups in total. The van der Waals surface area contributed by atoms with Crippen LogP contribution in [0.3, 0.4) is 0 Å². The molecule has 0 bridgehead atoms. The molecule has 4 nitrogen and oxygen atoms in total. The van der Waals surface area contributed by atoms with E-state index in [0.717, 1.165) is 24.6 Å². The lowest BCUT2D eigenvalue weighted by atomic mass is 10.2. The first-order chi connectivity index (χ1) is 7.40. The fourth-order valence-corrected chi connectivity index (χ4v) is 1.86. The summed E-state index contributed by atoms with van der Waals surface area (Å²) in [4.78, 5) is 10.8. The highest BCUT2D eigenvalue weighted by molar-refractivity contribution is 5.29. The quantitative estimate of drug-likeness (QED) is 0.795. The fraction of sp³-hybridized carbons (Fsp3) is 0.636. The second-order valence-corrected chi connectivity index (χ2v) is 3.95. The maximum Gasteiger partial charge on any atom is 0.225 e. The largest absolute Gasteiger partial charge is 0.392 e. The van der Waals surface area contributed by atoms with Crippen LogP contribution in [0.4, 0.5) is 5.95 Å². The molecule has 82 valence electrons. The maximum absolute atomic E-state index is 8.89. The van der Waals surface area contributed by atoms with E-state index in [0.29, 0.717) is 0 Å². The zero-order valence-corrected chi connectivity index (χ0v) is 8.89. The van der Waals surface area contributed by atoms with Gasteiger partial charge in [-0.1, -0.05) is 12.8 Å². The average Bonchev–Trinajstić information content (AvgIpc) is 2.58. The smallest absolute Gasteiger partial charge is 0.225 e. The Morgan fingerprint density at radius 2 is 1.67 bits per heavy atom. The van der Waals surface area contributed by atoms with Crippen molar-refractivity contribution in [2.24, 2.45) is 0 Å². The van der Waals surface area contributed by atoms with Gasteiger partial charge < -0.3 is 10.0 Å². The third-order valence-electron chi connectivity index (χ3n) is 2.76. The number of hydrogen-bond donors (Lipinski definition) is 1. The molecule has 1 aromatic heterocycles. The molecule has 0 atom stereocenters. The minimum absolute atomic E-state index is 0.0142.